The maximum Gasteiger partial charge on any atom is 0.241 e. The van der Waals surface area contributed by atoms with Crippen LogP contribution in [0.4, 0.5) is 0 Å². The summed E-state index contributed by atoms with van der Waals surface area (Å²) in [7, 11) is 0. The average Bonchev–Trinajstić information content (AvgIpc) is 2.92. The lowest BCUT2D eigenvalue weighted by Gasteiger charge is -2.07. The number of rotatable bonds is 7. The van der Waals surface area contributed by atoms with Gasteiger partial charge in [0, 0.05) is 11.6 Å². The van der Waals surface area contributed by atoms with Gasteiger partial charge in [0.2, 0.25) is 5.91 Å². The van der Waals surface area contributed by atoms with E-state index in [4.69, 9.17) is 16.3 Å². The van der Waals surface area contributed by atoms with Gasteiger partial charge in [0.1, 0.15) is 18.9 Å². The zero-order chi connectivity index (χ0) is 15.1. The molecule has 7 nitrogen and oxygen atoms in total. The number of hydrogen-bond acceptors (Lipinski definition) is 5. The van der Waals surface area contributed by atoms with Crippen LogP contribution in [0.25, 0.3) is 0 Å². The first-order chi connectivity index (χ1) is 10.2. The Morgan fingerprint density at radius 3 is 2.86 bits per heavy atom. The van der Waals surface area contributed by atoms with Gasteiger partial charge in [-0.3, -0.25) is 4.79 Å². The highest BCUT2D eigenvalue weighted by Gasteiger charge is 2.10. The Labute approximate surface area is 127 Å². The number of amides is 1. The van der Waals surface area contributed by atoms with Gasteiger partial charge in [-0.05, 0) is 41.1 Å². The third-order valence-corrected chi connectivity index (χ3v) is 2.91. The van der Waals surface area contributed by atoms with E-state index >= 15 is 0 Å². The lowest BCUT2D eigenvalue weighted by Crippen LogP contribution is -2.29. The highest BCUT2D eigenvalue weighted by Crippen LogP contribution is 2.16. The molecule has 2 rings (SSSR count). The summed E-state index contributed by atoms with van der Waals surface area (Å²) in [6.45, 7) is 2.88. The van der Waals surface area contributed by atoms with E-state index < -0.39 is 0 Å². The van der Waals surface area contributed by atoms with Crippen LogP contribution in [0, 0.1) is 0 Å². The van der Waals surface area contributed by atoms with Gasteiger partial charge in [-0.15, -0.1) is 5.10 Å². The van der Waals surface area contributed by atoms with Crippen LogP contribution in [0.1, 0.15) is 19.2 Å². The zero-order valence-corrected chi connectivity index (χ0v) is 12.4. The van der Waals surface area contributed by atoms with Gasteiger partial charge in [0.25, 0.3) is 0 Å². The SMILES string of the molecule is CCCNC(=O)Cn1nnnc1COc1ccc(Cl)cc1. The molecule has 0 aliphatic heterocycles. The van der Waals surface area contributed by atoms with Crippen LogP contribution >= 0.6 is 11.6 Å². The van der Waals surface area contributed by atoms with Crippen LogP contribution in [0.2, 0.25) is 5.02 Å². The molecular weight excluding hydrogens is 294 g/mol. The van der Waals surface area contributed by atoms with E-state index in [9.17, 15) is 4.79 Å². The first-order valence-electron chi connectivity index (χ1n) is 6.59. The van der Waals surface area contributed by atoms with Crippen molar-refractivity contribution in [3.63, 3.8) is 0 Å². The summed E-state index contributed by atoms with van der Waals surface area (Å²) in [6.07, 6.45) is 0.883. The Bertz CT molecular complexity index is 585. The number of halogens is 1. The molecule has 0 radical (unpaired) electrons. The van der Waals surface area contributed by atoms with Gasteiger partial charge in [-0.25, -0.2) is 4.68 Å². The molecule has 1 aromatic heterocycles. The van der Waals surface area contributed by atoms with E-state index in [1.807, 2.05) is 6.92 Å². The molecule has 2 aromatic rings. The molecule has 0 bridgehead atoms. The van der Waals surface area contributed by atoms with Crippen molar-refractivity contribution in [2.75, 3.05) is 6.54 Å². The zero-order valence-electron chi connectivity index (χ0n) is 11.6. The van der Waals surface area contributed by atoms with E-state index in [1.54, 1.807) is 24.3 Å². The summed E-state index contributed by atoms with van der Waals surface area (Å²) in [5.74, 6) is 1.01. The van der Waals surface area contributed by atoms with E-state index in [1.165, 1.54) is 4.68 Å². The number of carbonyl (C=O) groups excluding carboxylic acids is 1. The Morgan fingerprint density at radius 2 is 2.14 bits per heavy atom. The molecule has 0 aliphatic carbocycles. The van der Waals surface area contributed by atoms with Gasteiger partial charge in [-0.1, -0.05) is 18.5 Å². The average molecular weight is 310 g/mol. The molecule has 0 aliphatic rings. The summed E-state index contributed by atoms with van der Waals surface area (Å²) >= 11 is 5.80. The number of carbonyl (C=O) groups is 1. The van der Waals surface area contributed by atoms with E-state index in [0.29, 0.717) is 23.1 Å². The Morgan fingerprint density at radius 1 is 1.38 bits per heavy atom. The summed E-state index contributed by atoms with van der Waals surface area (Å²) in [5, 5.41) is 14.6. The van der Waals surface area contributed by atoms with Crippen LogP contribution in [0.15, 0.2) is 24.3 Å². The van der Waals surface area contributed by atoms with Gasteiger partial charge in [0.05, 0.1) is 0 Å². The molecule has 21 heavy (non-hydrogen) atoms. The Balaban J connectivity index is 1.90. The fourth-order valence-corrected chi connectivity index (χ4v) is 1.71. The molecule has 0 atom stereocenters. The summed E-state index contributed by atoms with van der Waals surface area (Å²) < 4.78 is 6.97. The highest BCUT2D eigenvalue weighted by atomic mass is 35.5. The fraction of sp³-hybridized carbons (Fsp3) is 0.385. The molecule has 112 valence electrons. The van der Waals surface area contributed by atoms with Crippen molar-refractivity contribution in [1.82, 2.24) is 25.5 Å². The molecule has 0 unspecified atom stereocenters. The van der Waals surface area contributed by atoms with Gasteiger partial charge >= 0.3 is 0 Å². The second-order valence-electron chi connectivity index (χ2n) is 4.35. The molecule has 0 spiro atoms. The quantitative estimate of drug-likeness (QED) is 0.836. The molecule has 1 amide bonds. The minimum atomic E-state index is -0.128. The third kappa shape index (κ3) is 4.71. The number of benzene rings is 1. The number of ether oxygens (including phenoxy) is 1. The van der Waals surface area contributed by atoms with E-state index in [0.717, 1.165) is 6.42 Å². The summed E-state index contributed by atoms with van der Waals surface area (Å²) in [4.78, 5) is 11.7. The maximum atomic E-state index is 11.7. The summed E-state index contributed by atoms with van der Waals surface area (Å²) in [6, 6.07) is 6.98. The van der Waals surface area contributed by atoms with Crippen LogP contribution < -0.4 is 10.1 Å². The Kier molecular flexibility index (Phi) is 5.51. The van der Waals surface area contributed by atoms with Crippen molar-refractivity contribution in [1.29, 1.82) is 0 Å². The number of aromatic nitrogens is 4. The maximum absolute atomic E-state index is 11.7. The van der Waals surface area contributed by atoms with Crippen molar-refractivity contribution in [3.8, 4) is 5.75 Å². The normalized spacial score (nSPS) is 10.4. The highest BCUT2D eigenvalue weighted by molar-refractivity contribution is 6.30. The largest absolute Gasteiger partial charge is 0.486 e. The minimum absolute atomic E-state index is 0.0757. The molecule has 0 saturated carbocycles. The van der Waals surface area contributed by atoms with E-state index in [-0.39, 0.29) is 19.1 Å². The van der Waals surface area contributed by atoms with Crippen LogP contribution in [-0.2, 0) is 17.9 Å². The first-order valence-corrected chi connectivity index (χ1v) is 6.97. The molecule has 0 saturated heterocycles. The molecular formula is C13H16ClN5O2. The monoisotopic (exact) mass is 309 g/mol. The number of tetrazole rings is 1. The second kappa shape index (κ2) is 7.58. The molecule has 1 N–H and O–H groups in total. The fourth-order valence-electron chi connectivity index (χ4n) is 1.58. The van der Waals surface area contributed by atoms with Crippen LogP contribution in [0.5, 0.6) is 5.75 Å². The standard InChI is InChI=1S/C13H16ClN5O2/c1-2-7-15-13(20)8-19-12(16-17-18-19)9-21-11-5-3-10(14)4-6-11/h3-6H,2,7-9H2,1H3,(H,15,20). The smallest absolute Gasteiger partial charge is 0.241 e. The third-order valence-electron chi connectivity index (χ3n) is 2.65. The van der Waals surface area contributed by atoms with Gasteiger partial charge < -0.3 is 10.1 Å². The minimum Gasteiger partial charge on any atom is -0.486 e. The molecule has 8 heteroatoms. The summed E-state index contributed by atoms with van der Waals surface area (Å²) in [5.41, 5.74) is 0. The molecule has 1 heterocycles. The lowest BCUT2D eigenvalue weighted by atomic mass is 10.3. The van der Waals surface area contributed by atoms with Crippen molar-refractivity contribution in [2.45, 2.75) is 26.5 Å². The molecule has 1 aromatic carbocycles. The van der Waals surface area contributed by atoms with Crippen molar-refractivity contribution >= 4 is 17.5 Å². The lowest BCUT2D eigenvalue weighted by molar-refractivity contribution is -0.121. The van der Waals surface area contributed by atoms with Crippen LogP contribution in [-0.4, -0.2) is 32.7 Å². The van der Waals surface area contributed by atoms with Crippen LogP contribution in [0.3, 0.4) is 0 Å². The number of hydrogen-bond donors (Lipinski definition) is 1. The second-order valence-corrected chi connectivity index (χ2v) is 4.78. The first kappa shape index (κ1) is 15.2. The van der Waals surface area contributed by atoms with Crippen molar-refractivity contribution < 1.29 is 9.53 Å². The Hall–Kier alpha value is -2.15. The van der Waals surface area contributed by atoms with Crippen molar-refractivity contribution in [2.24, 2.45) is 0 Å². The van der Waals surface area contributed by atoms with Gasteiger partial charge in [0.15, 0.2) is 5.82 Å². The number of nitrogens with zero attached hydrogens (tertiary/aromatic N) is 4. The topological polar surface area (TPSA) is 81.9 Å². The van der Waals surface area contributed by atoms with E-state index in [2.05, 4.69) is 20.8 Å². The van der Waals surface area contributed by atoms with Gasteiger partial charge in [-0.2, -0.15) is 0 Å². The number of nitrogens with one attached hydrogen (secondary N) is 1. The predicted molar refractivity (Wildman–Crippen MR) is 76.9 cm³/mol. The molecule has 0 fully saturated rings. The van der Waals surface area contributed by atoms with Crippen molar-refractivity contribution in [3.05, 3.63) is 35.1 Å². The predicted octanol–water partition coefficient (Wildman–Crippen LogP) is 1.43.